The molecule has 0 spiro atoms. The molecule has 0 bridgehead atoms. The first-order valence-electron chi connectivity index (χ1n) is 7.93. The molecule has 1 aliphatic rings. The summed E-state index contributed by atoms with van der Waals surface area (Å²) in [4.78, 5) is 12.6. The second kappa shape index (κ2) is 7.54. The van der Waals surface area contributed by atoms with Crippen molar-refractivity contribution in [3.05, 3.63) is 65.7 Å². The van der Waals surface area contributed by atoms with Gasteiger partial charge in [0.05, 0.1) is 12.5 Å². The Bertz CT molecular complexity index is 740. The summed E-state index contributed by atoms with van der Waals surface area (Å²) in [6.45, 7) is 0. The summed E-state index contributed by atoms with van der Waals surface area (Å²) in [5, 5.41) is -0.488. The van der Waals surface area contributed by atoms with Crippen LogP contribution in [0.1, 0.15) is 18.4 Å². The summed E-state index contributed by atoms with van der Waals surface area (Å²) in [6, 6.07) is 17.1. The quantitative estimate of drug-likeness (QED) is 0.606. The predicted molar refractivity (Wildman–Crippen MR) is 95.7 cm³/mol. The van der Waals surface area contributed by atoms with Gasteiger partial charge in [-0.25, -0.2) is 0 Å². The van der Waals surface area contributed by atoms with Crippen LogP contribution in [0.15, 0.2) is 60.2 Å². The Labute approximate surface area is 146 Å². The largest absolute Gasteiger partial charge is 0.497 e. The minimum Gasteiger partial charge on any atom is -0.497 e. The van der Waals surface area contributed by atoms with Gasteiger partial charge in [-0.3, -0.25) is 4.79 Å². The Morgan fingerprint density at radius 1 is 1.04 bits per heavy atom. The Hall–Kier alpha value is -2.26. The van der Waals surface area contributed by atoms with Crippen LogP contribution < -0.4 is 9.47 Å². The molecule has 0 N–H and O–H groups in total. The minimum atomic E-state index is -0.488. The van der Waals surface area contributed by atoms with Gasteiger partial charge in [-0.1, -0.05) is 30.3 Å². The molecule has 0 aliphatic heterocycles. The van der Waals surface area contributed by atoms with Gasteiger partial charge < -0.3 is 9.47 Å². The smallest absolute Gasteiger partial charge is 0.180 e. The molecule has 4 heteroatoms. The van der Waals surface area contributed by atoms with Gasteiger partial charge in [0.15, 0.2) is 5.78 Å². The molecule has 2 unspecified atom stereocenters. The van der Waals surface area contributed by atoms with Gasteiger partial charge in [-0.2, -0.15) is 0 Å². The second-order valence-electron chi connectivity index (χ2n) is 5.70. The number of methoxy groups -OCH3 is 1. The number of benzene rings is 2. The molecule has 0 saturated heterocycles. The number of ether oxygens (including phenoxy) is 2. The highest BCUT2D eigenvalue weighted by atomic mass is 35.5. The number of hydrogen-bond acceptors (Lipinski definition) is 3. The fraction of sp³-hybridized carbons (Fsp3) is 0.250. The minimum absolute atomic E-state index is 0.0633. The van der Waals surface area contributed by atoms with Crippen molar-refractivity contribution in [2.75, 3.05) is 7.11 Å². The van der Waals surface area contributed by atoms with Crippen LogP contribution in [0.3, 0.4) is 0 Å². The maximum atomic E-state index is 12.6. The summed E-state index contributed by atoms with van der Waals surface area (Å²) in [6.07, 6.45) is 2.89. The zero-order valence-corrected chi connectivity index (χ0v) is 14.2. The van der Waals surface area contributed by atoms with Crippen LogP contribution in [0.4, 0.5) is 0 Å². The molecule has 24 heavy (non-hydrogen) atoms. The van der Waals surface area contributed by atoms with Gasteiger partial charge in [-0.05, 0) is 48.7 Å². The Kier molecular flexibility index (Phi) is 5.21. The summed E-state index contributed by atoms with van der Waals surface area (Å²) >= 11 is 6.18. The lowest BCUT2D eigenvalue weighted by atomic mass is 9.89. The van der Waals surface area contributed by atoms with Gasteiger partial charge >= 0.3 is 0 Å². The Morgan fingerprint density at radius 3 is 2.54 bits per heavy atom. The Balaban J connectivity index is 1.91. The third-order valence-corrected chi connectivity index (χ3v) is 4.45. The van der Waals surface area contributed by atoms with E-state index in [1.165, 1.54) is 0 Å². The molecule has 1 fully saturated rings. The van der Waals surface area contributed by atoms with E-state index in [0.717, 1.165) is 17.1 Å². The fourth-order valence-electron chi connectivity index (χ4n) is 2.78. The maximum absolute atomic E-state index is 12.6. The zero-order chi connectivity index (χ0) is 16.9. The number of para-hydroxylation sites is 1. The lowest BCUT2D eigenvalue weighted by molar-refractivity contribution is -0.117. The van der Waals surface area contributed by atoms with Gasteiger partial charge in [0.2, 0.25) is 0 Å². The summed E-state index contributed by atoms with van der Waals surface area (Å²) in [5.41, 5.74) is 1.50. The monoisotopic (exact) mass is 342 g/mol. The van der Waals surface area contributed by atoms with Crippen molar-refractivity contribution >= 4 is 23.5 Å². The molecule has 124 valence electrons. The Morgan fingerprint density at radius 2 is 1.79 bits per heavy atom. The van der Waals surface area contributed by atoms with Crippen LogP contribution in [-0.4, -0.2) is 24.4 Å². The van der Waals surface area contributed by atoms with Crippen LogP contribution in [0, 0.1) is 0 Å². The SMILES string of the molecule is COc1cccc(C=C2C(=O)C(Cl)CCC2Oc2ccccc2)c1. The first-order chi connectivity index (χ1) is 11.7. The van der Waals surface area contributed by atoms with Gasteiger partial charge in [-0.15, -0.1) is 11.6 Å². The first-order valence-corrected chi connectivity index (χ1v) is 8.36. The lowest BCUT2D eigenvalue weighted by Crippen LogP contribution is -2.35. The molecule has 2 aromatic carbocycles. The average molecular weight is 343 g/mol. The van der Waals surface area contributed by atoms with Crippen LogP contribution in [0.2, 0.25) is 0 Å². The molecule has 2 aromatic rings. The second-order valence-corrected chi connectivity index (χ2v) is 6.23. The highest BCUT2D eigenvalue weighted by Gasteiger charge is 2.33. The van der Waals surface area contributed by atoms with E-state index in [1.807, 2.05) is 60.7 Å². The van der Waals surface area contributed by atoms with Gasteiger partial charge in [0.25, 0.3) is 0 Å². The number of carbonyl (C=O) groups excluding carboxylic acids is 1. The molecule has 1 saturated carbocycles. The molecule has 2 atom stereocenters. The van der Waals surface area contributed by atoms with E-state index in [-0.39, 0.29) is 11.9 Å². The maximum Gasteiger partial charge on any atom is 0.180 e. The van der Waals surface area contributed by atoms with Gasteiger partial charge in [0, 0.05) is 5.57 Å². The van der Waals surface area contributed by atoms with Crippen molar-refractivity contribution in [1.82, 2.24) is 0 Å². The van der Waals surface area contributed by atoms with E-state index in [9.17, 15) is 4.79 Å². The number of alkyl halides is 1. The highest BCUT2D eigenvalue weighted by Crippen LogP contribution is 2.30. The summed E-state index contributed by atoms with van der Waals surface area (Å²) in [5.74, 6) is 1.43. The zero-order valence-electron chi connectivity index (χ0n) is 13.4. The van der Waals surface area contributed by atoms with Crippen molar-refractivity contribution in [3.63, 3.8) is 0 Å². The van der Waals surface area contributed by atoms with E-state index in [4.69, 9.17) is 21.1 Å². The van der Waals surface area contributed by atoms with E-state index >= 15 is 0 Å². The van der Waals surface area contributed by atoms with Crippen molar-refractivity contribution in [2.24, 2.45) is 0 Å². The number of carbonyl (C=O) groups is 1. The fourth-order valence-corrected chi connectivity index (χ4v) is 3.04. The highest BCUT2D eigenvalue weighted by molar-refractivity contribution is 6.34. The number of rotatable bonds is 4. The number of halogens is 1. The van der Waals surface area contributed by atoms with Gasteiger partial charge in [0.1, 0.15) is 17.6 Å². The van der Waals surface area contributed by atoms with Crippen molar-refractivity contribution in [1.29, 1.82) is 0 Å². The summed E-state index contributed by atoms with van der Waals surface area (Å²) < 4.78 is 11.3. The molecule has 3 nitrogen and oxygen atoms in total. The lowest BCUT2D eigenvalue weighted by Gasteiger charge is -2.28. The topological polar surface area (TPSA) is 35.5 Å². The number of ketones is 1. The van der Waals surface area contributed by atoms with Crippen molar-refractivity contribution in [3.8, 4) is 11.5 Å². The predicted octanol–water partition coefficient (Wildman–Crippen LogP) is 4.50. The van der Waals surface area contributed by atoms with Crippen LogP contribution in [0.5, 0.6) is 11.5 Å². The molecule has 1 aliphatic carbocycles. The number of hydrogen-bond donors (Lipinski definition) is 0. The number of Topliss-reactive ketones (excluding diaryl/α,β-unsaturated/α-hetero) is 1. The average Bonchev–Trinajstić information content (AvgIpc) is 2.62. The van der Waals surface area contributed by atoms with E-state index < -0.39 is 5.38 Å². The molecular formula is C20H19ClO3. The van der Waals surface area contributed by atoms with Crippen LogP contribution >= 0.6 is 11.6 Å². The molecule has 3 rings (SSSR count). The van der Waals surface area contributed by atoms with Crippen molar-refractivity contribution < 1.29 is 14.3 Å². The van der Waals surface area contributed by atoms with E-state index in [0.29, 0.717) is 18.4 Å². The van der Waals surface area contributed by atoms with E-state index in [1.54, 1.807) is 7.11 Å². The molecular weight excluding hydrogens is 324 g/mol. The van der Waals surface area contributed by atoms with Crippen LogP contribution in [-0.2, 0) is 4.79 Å². The first kappa shape index (κ1) is 16.6. The third-order valence-electron chi connectivity index (χ3n) is 4.04. The molecule has 0 aromatic heterocycles. The molecule has 0 heterocycles. The van der Waals surface area contributed by atoms with E-state index in [2.05, 4.69) is 0 Å². The molecule has 0 radical (unpaired) electrons. The van der Waals surface area contributed by atoms with Crippen molar-refractivity contribution in [2.45, 2.75) is 24.3 Å². The normalized spacial score (nSPS) is 22.4. The summed E-state index contributed by atoms with van der Waals surface area (Å²) in [7, 11) is 1.62. The third kappa shape index (κ3) is 3.80. The standard InChI is InChI=1S/C20H19ClO3/c1-23-16-9-5-6-14(12-16)13-17-19(11-10-18(21)20(17)22)24-15-7-3-2-4-8-15/h2-9,12-13,18-19H,10-11H2,1H3. The molecule has 0 amide bonds. The van der Waals surface area contributed by atoms with Crippen LogP contribution in [0.25, 0.3) is 6.08 Å².